The predicted octanol–water partition coefficient (Wildman–Crippen LogP) is 2.19. The van der Waals surface area contributed by atoms with E-state index >= 15 is 0 Å². The van der Waals surface area contributed by atoms with Crippen molar-refractivity contribution in [2.75, 3.05) is 0 Å². The fourth-order valence-corrected chi connectivity index (χ4v) is 1.75. The Morgan fingerprint density at radius 1 is 1.30 bits per heavy atom. The molecule has 0 aliphatic carbocycles. The molecule has 20 heavy (non-hydrogen) atoms. The molecule has 1 aromatic heterocycles. The largest absolute Gasteiger partial charge is 0.443 e. The highest BCUT2D eigenvalue weighted by molar-refractivity contribution is 6.30. The molecule has 7 heteroatoms. The second-order valence-corrected chi connectivity index (χ2v) is 4.41. The molecule has 104 valence electrons. The molecule has 1 unspecified atom stereocenters. The van der Waals surface area contributed by atoms with Crippen molar-refractivity contribution in [1.29, 1.82) is 0 Å². The third-order valence-corrected chi connectivity index (χ3v) is 2.74. The Labute approximate surface area is 118 Å². The molecule has 1 aromatic carbocycles. The Kier molecular flexibility index (Phi) is 4.05. The number of amides is 1. The molecule has 0 aliphatic rings. The van der Waals surface area contributed by atoms with Gasteiger partial charge in [0.05, 0.1) is 5.02 Å². The number of primary amides is 1. The molecule has 2 aromatic rings. The van der Waals surface area contributed by atoms with Gasteiger partial charge in [0.25, 0.3) is 5.91 Å². The van der Waals surface area contributed by atoms with Gasteiger partial charge in [-0.05, 0) is 18.2 Å². The number of aromatic nitrogens is 1. The van der Waals surface area contributed by atoms with Crippen LogP contribution in [0.1, 0.15) is 22.2 Å². The zero-order chi connectivity index (χ0) is 14.7. The van der Waals surface area contributed by atoms with E-state index in [1.807, 2.05) is 0 Å². The number of hydrogen-bond acceptors (Lipinski definition) is 3. The highest BCUT2D eigenvalue weighted by Crippen LogP contribution is 2.20. The molecule has 0 bridgehead atoms. The Morgan fingerprint density at radius 2 is 1.95 bits per heavy atom. The van der Waals surface area contributed by atoms with Gasteiger partial charge in [-0.25, -0.2) is 9.18 Å². The van der Waals surface area contributed by atoms with E-state index in [0.717, 1.165) is 12.1 Å². The number of esters is 1. The maximum absolute atomic E-state index is 12.8. The highest BCUT2D eigenvalue weighted by atomic mass is 35.5. The summed E-state index contributed by atoms with van der Waals surface area (Å²) in [5, 5.41) is 0.328. The second kappa shape index (κ2) is 5.75. The van der Waals surface area contributed by atoms with Crippen molar-refractivity contribution in [1.82, 2.24) is 4.98 Å². The average Bonchev–Trinajstić information content (AvgIpc) is 2.83. The van der Waals surface area contributed by atoms with Gasteiger partial charge in [0.15, 0.2) is 0 Å². The van der Waals surface area contributed by atoms with Crippen molar-refractivity contribution >= 4 is 23.5 Å². The first-order valence-corrected chi connectivity index (χ1v) is 5.95. The third kappa shape index (κ3) is 3.16. The van der Waals surface area contributed by atoms with E-state index in [2.05, 4.69) is 4.98 Å². The fourth-order valence-electron chi connectivity index (χ4n) is 1.58. The number of carbonyl (C=O) groups excluding carboxylic acids is 2. The maximum atomic E-state index is 12.8. The molecule has 0 radical (unpaired) electrons. The molecule has 5 nitrogen and oxygen atoms in total. The molecule has 0 spiro atoms. The minimum absolute atomic E-state index is 0.0864. The molecule has 0 saturated carbocycles. The van der Waals surface area contributed by atoms with E-state index in [0.29, 0.717) is 5.02 Å². The molecule has 1 amide bonds. The molecule has 1 heterocycles. The number of nitrogens with one attached hydrogen (secondary N) is 1. The number of H-pyrrole nitrogens is 1. The lowest BCUT2D eigenvalue weighted by atomic mass is 10.1. The van der Waals surface area contributed by atoms with Crippen molar-refractivity contribution in [3.8, 4) is 0 Å². The first-order valence-electron chi connectivity index (χ1n) is 5.57. The minimum atomic E-state index is -1.30. The van der Waals surface area contributed by atoms with Crippen molar-refractivity contribution < 1.29 is 18.7 Å². The van der Waals surface area contributed by atoms with Gasteiger partial charge in [0.2, 0.25) is 6.10 Å². The van der Waals surface area contributed by atoms with Crippen LogP contribution in [0, 0.1) is 5.82 Å². The number of rotatable bonds is 4. The van der Waals surface area contributed by atoms with E-state index in [9.17, 15) is 14.0 Å². The fraction of sp³-hybridized carbons (Fsp3) is 0.0769. The first-order chi connectivity index (χ1) is 9.47. The number of carbonyl (C=O) groups is 2. The number of halogens is 2. The van der Waals surface area contributed by atoms with Crippen molar-refractivity contribution in [2.45, 2.75) is 6.10 Å². The standard InChI is InChI=1S/C13H10ClFN2O3/c14-8-5-10(17-6-8)13(19)20-11(12(16)18)7-1-3-9(15)4-2-7/h1-6,11,17H,(H2,16,18). The summed E-state index contributed by atoms with van der Waals surface area (Å²) < 4.78 is 17.8. The quantitative estimate of drug-likeness (QED) is 0.848. The van der Waals surface area contributed by atoms with E-state index in [4.69, 9.17) is 22.1 Å². The molecule has 1 atom stereocenters. The topological polar surface area (TPSA) is 85.2 Å². The Morgan fingerprint density at radius 3 is 2.45 bits per heavy atom. The van der Waals surface area contributed by atoms with Crippen LogP contribution in [0.5, 0.6) is 0 Å². The summed E-state index contributed by atoms with van der Waals surface area (Å²) in [6.45, 7) is 0. The van der Waals surface area contributed by atoms with Crippen LogP contribution in [0.4, 0.5) is 4.39 Å². The molecular formula is C13H10ClFN2O3. The summed E-state index contributed by atoms with van der Waals surface area (Å²) in [6, 6.07) is 6.28. The van der Waals surface area contributed by atoms with Gasteiger partial charge in [-0.1, -0.05) is 23.7 Å². The van der Waals surface area contributed by atoms with E-state index in [-0.39, 0.29) is 11.3 Å². The van der Waals surface area contributed by atoms with Gasteiger partial charge in [-0.3, -0.25) is 4.79 Å². The number of aromatic amines is 1. The van der Waals surface area contributed by atoms with Gasteiger partial charge in [-0.2, -0.15) is 0 Å². The van der Waals surface area contributed by atoms with Crippen LogP contribution in [0.25, 0.3) is 0 Å². The Hall–Kier alpha value is -2.34. The van der Waals surface area contributed by atoms with Gasteiger partial charge < -0.3 is 15.5 Å². The monoisotopic (exact) mass is 296 g/mol. The molecule has 2 rings (SSSR count). The zero-order valence-electron chi connectivity index (χ0n) is 10.1. The van der Waals surface area contributed by atoms with Gasteiger partial charge in [-0.15, -0.1) is 0 Å². The summed E-state index contributed by atoms with van der Waals surface area (Å²) in [5.74, 6) is -2.12. The maximum Gasteiger partial charge on any atom is 0.355 e. The van der Waals surface area contributed by atoms with Crippen LogP contribution in [0.3, 0.4) is 0 Å². The van der Waals surface area contributed by atoms with Crippen molar-refractivity contribution in [3.05, 3.63) is 58.6 Å². The Bertz CT molecular complexity index is 639. The summed E-state index contributed by atoms with van der Waals surface area (Å²) in [7, 11) is 0. The van der Waals surface area contributed by atoms with Crippen LogP contribution in [0.15, 0.2) is 36.5 Å². The van der Waals surface area contributed by atoms with Crippen LogP contribution in [-0.2, 0) is 9.53 Å². The number of hydrogen-bond donors (Lipinski definition) is 2. The van der Waals surface area contributed by atoms with Crippen LogP contribution in [-0.4, -0.2) is 16.9 Å². The lowest BCUT2D eigenvalue weighted by Gasteiger charge is -2.14. The van der Waals surface area contributed by atoms with Crippen molar-refractivity contribution in [3.63, 3.8) is 0 Å². The summed E-state index contributed by atoms with van der Waals surface area (Å²) in [4.78, 5) is 25.8. The van der Waals surface area contributed by atoms with E-state index < -0.39 is 23.8 Å². The van der Waals surface area contributed by atoms with Gasteiger partial charge >= 0.3 is 5.97 Å². The lowest BCUT2D eigenvalue weighted by molar-refractivity contribution is -0.127. The smallest absolute Gasteiger partial charge is 0.355 e. The Balaban J connectivity index is 2.20. The lowest BCUT2D eigenvalue weighted by Crippen LogP contribution is -2.26. The summed E-state index contributed by atoms with van der Waals surface area (Å²) >= 11 is 5.67. The van der Waals surface area contributed by atoms with Crippen LogP contribution < -0.4 is 5.73 Å². The number of benzene rings is 1. The number of nitrogens with two attached hydrogens (primary N) is 1. The zero-order valence-corrected chi connectivity index (χ0v) is 10.9. The van der Waals surface area contributed by atoms with Gasteiger partial charge in [0, 0.05) is 11.8 Å². The predicted molar refractivity (Wildman–Crippen MR) is 69.6 cm³/mol. The average molecular weight is 297 g/mol. The third-order valence-electron chi connectivity index (χ3n) is 2.52. The normalized spacial score (nSPS) is 11.9. The van der Waals surface area contributed by atoms with Gasteiger partial charge in [0.1, 0.15) is 11.5 Å². The minimum Gasteiger partial charge on any atom is -0.443 e. The molecule has 3 N–H and O–H groups in total. The molecular weight excluding hydrogens is 287 g/mol. The number of ether oxygens (including phenoxy) is 1. The van der Waals surface area contributed by atoms with Crippen LogP contribution in [0.2, 0.25) is 5.02 Å². The first kappa shape index (κ1) is 14.1. The SMILES string of the molecule is NC(=O)C(OC(=O)c1cc(Cl)c[nH]1)c1ccc(F)cc1. The van der Waals surface area contributed by atoms with Crippen LogP contribution >= 0.6 is 11.6 Å². The summed E-state index contributed by atoms with van der Waals surface area (Å²) in [5.41, 5.74) is 5.56. The molecule has 0 saturated heterocycles. The van der Waals surface area contributed by atoms with Crippen molar-refractivity contribution in [2.24, 2.45) is 5.73 Å². The summed E-state index contributed by atoms with van der Waals surface area (Å²) in [6.07, 6.45) is 0.0974. The highest BCUT2D eigenvalue weighted by Gasteiger charge is 2.24. The second-order valence-electron chi connectivity index (χ2n) is 3.97. The van der Waals surface area contributed by atoms with E-state index in [1.165, 1.54) is 24.4 Å². The molecule has 0 aliphatic heterocycles. The van der Waals surface area contributed by atoms with E-state index in [1.54, 1.807) is 0 Å². The molecule has 0 fully saturated rings.